The molecule has 1 fully saturated rings. The van der Waals surface area contributed by atoms with E-state index >= 15 is 0 Å². The molecule has 126 valence electrons. The van der Waals surface area contributed by atoms with E-state index in [9.17, 15) is 0 Å². The van der Waals surface area contributed by atoms with E-state index in [0.29, 0.717) is 5.41 Å². The van der Waals surface area contributed by atoms with Gasteiger partial charge in [0.15, 0.2) is 0 Å². The van der Waals surface area contributed by atoms with Gasteiger partial charge >= 0.3 is 0 Å². The van der Waals surface area contributed by atoms with Gasteiger partial charge in [-0.1, -0.05) is 74.7 Å². The van der Waals surface area contributed by atoms with Gasteiger partial charge in [-0.25, -0.2) is 0 Å². The zero-order chi connectivity index (χ0) is 16.2. The Morgan fingerprint density at radius 3 is 2.00 bits per heavy atom. The molecule has 0 N–H and O–H groups in total. The summed E-state index contributed by atoms with van der Waals surface area (Å²) in [6.45, 7) is 19.6. The highest BCUT2D eigenvalue weighted by Gasteiger charge is 2.46. The van der Waals surface area contributed by atoms with Crippen LogP contribution in [0.2, 0.25) is 0 Å². The van der Waals surface area contributed by atoms with E-state index in [2.05, 4.69) is 55.4 Å². The molecule has 6 atom stereocenters. The summed E-state index contributed by atoms with van der Waals surface area (Å²) in [4.78, 5) is 0. The fraction of sp³-hybridized carbons (Fsp3) is 1.00. The van der Waals surface area contributed by atoms with Crippen molar-refractivity contribution in [2.24, 2.45) is 40.9 Å². The summed E-state index contributed by atoms with van der Waals surface area (Å²) in [6, 6.07) is 0. The molecule has 0 heteroatoms. The van der Waals surface area contributed by atoms with Crippen molar-refractivity contribution >= 4 is 0 Å². The smallest absolute Gasteiger partial charge is 0.0269 e. The van der Waals surface area contributed by atoms with Crippen LogP contribution in [0.25, 0.3) is 0 Å². The molecular formula is C21H42. The van der Waals surface area contributed by atoms with Gasteiger partial charge in [0.1, 0.15) is 0 Å². The van der Waals surface area contributed by atoms with Crippen LogP contribution in [0.4, 0.5) is 0 Å². The van der Waals surface area contributed by atoms with Gasteiger partial charge in [0, 0.05) is 0 Å². The van der Waals surface area contributed by atoms with Crippen LogP contribution in [0, 0.1) is 40.9 Å². The minimum atomic E-state index is 0.670. The second-order valence-electron chi connectivity index (χ2n) is 8.59. The first-order chi connectivity index (χ1) is 9.82. The van der Waals surface area contributed by atoms with Gasteiger partial charge < -0.3 is 0 Å². The topological polar surface area (TPSA) is 0 Å². The normalized spacial score (nSPS) is 34.1. The Bertz CT molecular complexity index is 292. The summed E-state index contributed by atoms with van der Waals surface area (Å²) in [5.74, 6) is 5.37. The van der Waals surface area contributed by atoms with Crippen LogP contribution in [-0.2, 0) is 0 Å². The average Bonchev–Trinajstić information content (AvgIpc) is 2.84. The Hall–Kier alpha value is 0. The number of hydrogen-bond donors (Lipinski definition) is 0. The molecule has 6 unspecified atom stereocenters. The first-order valence-corrected chi connectivity index (χ1v) is 9.82. The van der Waals surface area contributed by atoms with Gasteiger partial charge in [0.05, 0.1) is 0 Å². The molecule has 1 saturated carbocycles. The monoisotopic (exact) mass is 294 g/mol. The van der Waals surface area contributed by atoms with Gasteiger partial charge in [0.25, 0.3) is 0 Å². The van der Waals surface area contributed by atoms with Crippen molar-refractivity contribution in [3.05, 3.63) is 0 Å². The molecular weight excluding hydrogens is 252 g/mol. The molecule has 21 heavy (non-hydrogen) atoms. The summed E-state index contributed by atoms with van der Waals surface area (Å²) in [5, 5.41) is 0. The van der Waals surface area contributed by atoms with Crippen molar-refractivity contribution in [3.8, 4) is 0 Å². The molecule has 0 radical (unpaired) electrons. The minimum absolute atomic E-state index is 0.670. The summed E-state index contributed by atoms with van der Waals surface area (Å²) in [5.41, 5.74) is 0.670. The predicted octanol–water partition coefficient (Wildman–Crippen LogP) is 7.18. The lowest BCUT2D eigenvalue weighted by molar-refractivity contribution is 0.144. The molecule has 1 aliphatic rings. The van der Waals surface area contributed by atoms with E-state index in [4.69, 9.17) is 0 Å². The number of hydrogen-bond acceptors (Lipinski definition) is 0. The maximum atomic E-state index is 2.55. The molecule has 0 aromatic heterocycles. The SMILES string of the molecule is CCCC1(CC)CC(C(C)C(C)C(C)C(C)C)CC1CC. The lowest BCUT2D eigenvalue weighted by Gasteiger charge is -2.35. The quantitative estimate of drug-likeness (QED) is 0.444. The Kier molecular flexibility index (Phi) is 7.28. The molecule has 0 bridgehead atoms. The van der Waals surface area contributed by atoms with Crippen LogP contribution >= 0.6 is 0 Å². The number of rotatable bonds is 8. The molecule has 0 spiro atoms. The van der Waals surface area contributed by atoms with E-state index in [-0.39, 0.29) is 0 Å². The van der Waals surface area contributed by atoms with Crippen molar-refractivity contribution < 1.29 is 0 Å². The van der Waals surface area contributed by atoms with Gasteiger partial charge in [0.2, 0.25) is 0 Å². The second kappa shape index (κ2) is 8.02. The highest BCUT2D eigenvalue weighted by Crippen LogP contribution is 2.56. The highest BCUT2D eigenvalue weighted by atomic mass is 14.5. The zero-order valence-electron chi connectivity index (χ0n) is 16.2. The molecule has 0 nitrogen and oxygen atoms in total. The lowest BCUT2D eigenvalue weighted by Crippen LogP contribution is -2.27. The van der Waals surface area contributed by atoms with Crippen LogP contribution < -0.4 is 0 Å². The first kappa shape index (κ1) is 19.0. The minimum Gasteiger partial charge on any atom is -0.0654 e. The maximum Gasteiger partial charge on any atom is -0.0269 e. The van der Waals surface area contributed by atoms with Gasteiger partial charge in [-0.3, -0.25) is 0 Å². The van der Waals surface area contributed by atoms with Crippen LogP contribution in [-0.4, -0.2) is 0 Å². The average molecular weight is 295 g/mol. The predicted molar refractivity (Wildman–Crippen MR) is 96.5 cm³/mol. The molecule has 1 aliphatic carbocycles. The summed E-state index contributed by atoms with van der Waals surface area (Å²) >= 11 is 0. The molecule has 1 rings (SSSR count). The Morgan fingerprint density at radius 1 is 0.952 bits per heavy atom. The van der Waals surface area contributed by atoms with Gasteiger partial charge in [-0.2, -0.15) is 0 Å². The third-order valence-electron chi connectivity index (χ3n) is 7.52. The van der Waals surface area contributed by atoms with Crippen LogP contribution in [0.1, 0.15) is 93.9 Å². The van der Waals surface area contributed by atoms with E-state index < -0.39 is 0 Å². The van der Waals surface area contributed by atoms with Crippen molar-refractivity contribution in [2.75, 3.05) is 0 Å². The van der Waals surface area contributed by atoms with E-state index in [1.54, 1.807) is 0 Å². The van der Waals surface area contributed by atoms with Crippen LogP contribution in [0.5, 0.6) is 0 Å². The Balaban J connectivity index is 2.81. The third kappa shape index (κ3) is 4.05. The van der Waals surface area contributed by atoms with Crippen molar-refractivity contribution in [2.45, 2.75) is 93.9 Å². The molecule has 0 saturated heterocycles. The summed E-state index contributed by atoms with van der Waals surface area (Å²) in [6.07, 6.45) is 8.62. The van der Waals surface area contributed by atoms with Gasteiger partial charge in [-0.05, 0) is 60.2 Å². The van der Waals surface area contributed by atoms with Gasteiger partial charge in [-0.15, -0.1) is 0 Å². The van der Waals surface area contributed by atoms with Crippen molar-refractivity contribution in [1.29, 1.82) is 0 Å². The van der Waals surface area contributed by atoms with Crippen molar-refractivity contribution in [3.63, 3.8) is 0 Å². The standard InChI is InChI=1S/C21H42/c1-9-12-21(11-3)14-19(13-20(21)10-2)18(8)17(7)16(6)15(4)5/h15-20H,9-14H2,1-8H3. The lowest BCUT2D eigenvalue weighted by atomic mass is 9.70. The maximum absolute atomic E-state index is 2.55. The fourth-order valence-electron chi connectivity index (χ4n) is 5.32. The molecule has 0 aromatic carbocycles. The largest absolute Gasteiger partial charge is 0.0654 e. The third-order valence-corrected chi connectivity index (χ3v) is 7.52. The fourth-order valence-corrected chi connectivity index (χ4v) is 5.32. The Morgan fingerprint density at radius 2 is 1.57 bits per heavy atom. The van der Waals surface area contributed by atoms with Crippen LogP contribution in [0.3, 0.4) is 0 Å². The van der Waals surface area contributed by atoms with E-state index in [0.717, 1.165) is 35.5 Å². The zero-order valence-corrected chi connectivity index (χ0v) is 16.2. The van der Waals surface area contributed by atoms with Crippen molar-refractivity contribution in [1.82, 2.24) is 0 Å². The van der Waals surface area contributed by atoms with Crippen LogP contribution in [0.15, 0.2) is 0 Å². The summed E-state index contributed by atoms with van der Waals surface area (Å²) < 4.78 is 0. The highest BCUT2D eigenvalue weighted by molar-refractivity contribution is 4.96. The first-order valence-electron chi connectivity index (χ1n) is 9.82. The molecule has 0 heterocycles. The molecule has 0 amide bonds. The summed E-state index contributed by atoms with van der Waals surface area (Å²) in [7, 11) is 0. The van der Waals surface area contributed by atoms with E-state index in [1.165, 1.54) is 38.5 Å². The molecule has 0 aromatic rings. The van der Waals surface area contributed by atoms with E-state index in [1.807, 2.05) is 0 Å². The second-order valence-corrected chi connectivity index (χ2v) is 8.59. The Labute approximate surface area is 135 Å². The molecule has 0 aliphatic heterocycles.